The van der Waals surface area contributed by atoms with Gasteiger partial charge in [-0.3, -0.25) is 14.8 Å². The first-order valence-electron chi connectivity index (χ1n) is 9.40. The van der Waals surface area contributed by atoms with E-state index in [1.807, 2.05) is 4.90 Å². The van der Waals surface area contributed by atoms with Gasteiger partial charge in [0.05, 0.1) is 0 Å². The van der Waals surface area contributed by atoms with Gasteiger partial charge in [-0.1, -0.05) is 19.3 Å². The second kappa shape index (κ2) is 10.4. The highest BCUT2D eigenvalue weighted by Gasteiger charge is 2.31. The number of rotatable bonds is 5. The Morgan fingerprint density at radius 1 is 1.25 bits per heavy atom. The van der Waals surface area contributed by atoms with E-state index in [1.165, 1.54) is 30.2 Å². The summed E-state index contributed by atoms with van der Waals surface area (Å²) in [4.78, 5) is 29.5. The fourth-order valence-corrected chi connectivity index (χ4v) is 3.74. The number of hydrogen-bond donors (Lipinski definition) is 3. The maximum atomic E-state index is 14.3. The van der Waals surface area contributed by atoms with Crippen LogP contribution in [0, 0.1) is 11.7 Å². The maximum absolute atomic E-state index is 14.3. The normalized spacial score (nSPS) is 20.1. The molecule has 2 aliphatic rings. The molecule has 1 saturated carbocycles. The van der Waals surface area contributed by atoms with Crippen molar-refractivity contribution in [2.75, 3.05) is 18.4 Å². The average molecular weight is 413 g/mol. The summed E-state index contributed by atoms with van der Waals surface area (Å²) in [5, 5.41) is 11.5. The van der Waals surface area contributed by atoms with Crippen molar-refractivity contribution < 1.29 is 19.2 Å². The Morgan fingerprint density at radius 2 is 2.00 bits per heavy atom. The van der Waals surface area contributed by atoms with Crippen molar-refractivity contribution in [1.29, 1.82) is 0 Å². The maximum Gasteiger partial charge on any atom is 0.267 e. The van der Waals surface area contributed by atoms with E-state index in [4.69, 9.17) is 5.21 Å². The molecule has 3 rings (SSSR count). The molecule has 9 heteroatoms. The van der Waals surface area contributed by atoms with Gasteiger partial charge < -0.3 is 10.2 Å². The Kier molecular flexibility index (Phi) is 8.19. The van der Waals surface area contributed by atoms with Crippen LogP contribution < -0.4 is 10.8 Å². The zero-order valence-electron chi connectivity index (χ0n) is 15.6. The van der Waals surface area contributed by atoms with Crippen LogP contribution >= 0.6 is 12.4 Å². The van der Waals surface area contributed by atoms with Crippen molar-refractivity contribution in [3.63, 3.8) is 0 Å². The van der Waals surface area contributed by atoms with Crippen molar-refractivity contribution in [2.45, 2.75) is 44.6 Å². The Bertz CT molecular complexity index is 725. The fourth-order valence-electron chi connectivity index (χ4n) is 3.74. The molecule has 1 aliphatic carbocycles. The highest BCUT2D eigenvalue weighted by Crippen LogP contribution is 2.27. The number of nitrogens with one attached hydrogen (secondary N) is 2. The van der Waals surface area contributed by atoms with Gasteiger partial charge >= 0.3 is 0 Å². The summed E-state index contributed by atoms with van der Waals surface area (Å²) in [5.41, 5.74) is 1.87. The minimum atomic E-state index is -0.703. The van der Waals surface area contributed by atoms with Crippen molar-refractivity contribution >= 4 is 36.1 Å². The summed E-state index contributed by atoms with van der Waals surface area (Å²) >= 11 is 0. The highest BCUT2D eigenvalue weighted by molar-refractivity contribution is 5.90. The lowest BCUT2D eigenvalue weighted by molar-refractivity contribution is -0.135. The van der Waals surface area contributed by atoms with Gasteiger partial charge in [-0.25, -0.2) is 14.9 Å². The fraction of sp³-hybridized carbons (Fsp3) is 0.526. The van der Waals surface area contributed by atoms with E-state index in [0.29, 0.717) is 18.7 Å². The predicted molar refractivity (Wildman–Crippen MR) is 106 cm³/mol. The lowest BCUT2D eigenvalue weighted by Crippen LogP contribution is -2.37. The molecule has 0 unspecified atom stereocenters. The van der Waals surface area contributed by atoms with Crippen molar-refractivity contribution in [3.05, 3.63) is 29.7 Å². The molecule has 7 nitrogen and oxygen atoms in total. The summed E-state index contributed by atoms with van der Waals surface area (Å²) in [6.45, 7) is 1.25. The van der Waals surface area contributed by atoms with Crippen LogP contribution in [0.15, 0.2) is 18.3 Å². The SMILES string of the molecule is Cl.O=C(C=Cc1cnc(N[C@@H]2CCN(C(=O)C3CCCCC3)C2)c(F)c1)NO. The molecule has 1 saturated heterocycles. The summed E-state index contributed by atoms with van der Waals surface area (Å²) < 4.78 is 14.3. The molecule has 28 heavy (non-hydrogen) atoms. The van der Waals surface area contributed by atoms with Crippen LogP contribution in [0.3, 0.4) is 0 Å². The Hall–Kier alpha value is -2.19. The van der Waals surface area contributed by atoms with E-state index >= 15 is 0 Å². The average Bonchev–Trinajstić information content (AvgIpc) is 3.16. The van der Waals surface area contributed by atoms with Crippen LogP contribution in [0.4, 0.5) is 10.2 Å². The number of hydroxylamine groups is 1. The molecule has 0 spiro atoms. The number of anilines is 1. The number of carbonyl (C=O) groups excluding carboxylic acids is 2. The standard InChI is InChI=1S/C19H25FN4O3.ClH/c20-16-10-13(6-7-17(25)23-27)11-21-18(16)22-15-8-9-24(12-15)19(26)14-4-2-1-3-5-14;/h6-7,10-11,14-15,27H,1-5,8-9,12H2,(H,21,22)(H,23,25);1H/t15-;/m1./s1. The summed E-state index contributed by atoms with van der Waals surface area (Å²) in [6, 6.07) is 1.23. The Morgan fingerprint density at radius 3 is 2.68 bits per heavy atom. The molecule has 1 aromatic heterocycles. The lowest BCUT2D eigenvalue weighted by atomic mass is 9.88. The quantitative estimate of drug-likeness (QED) is 0.392. The molecule has 3 N–H and O–H groups in total. The van der Waals surface area contributed by atoms with E-state index < -0.39 is 11.7 Å². The topological polar surface area (TPSA) is 94.6 Å². The predicted octanol–water partition coefficient (Wildman–Crippen LogP) is 2.75. The minimum absolute atomic E-state index is 0. The zero-order chi connectivity index (χ0) is 19.2. The van der Waals surface area contributed by atoms with Gasteiger partial charge in [0.25, 0.3) is 5.91 Å². The summed E-state index contributed by atoms with van der Waals surface area (Å²) in [6.07, 6.45) is 10.1. The first kappa shape index (κ1) is 22.1. The Balaban J connectivity index is 0.00000280. The Labute approximate surface area is 169 Å². The van der Waals surface area contributed by atoms with E-state index in [-0.39, 0.29) is 36.1 Å². The van der Waals surface area contributed by atoms with E-state index in [0.717, 1.165) is 38.2 Å². The third kappa shape index (κ3) is 5.65. The second-order valence-corrected chi connectivity index (χ2v) is 7.16. The van der Waals surface area contributed by atoms with Gasteiger partial charge in [0, 0.05) is 37.3 Å². The van der Waals surface area contributed by atoms with E-state index in [2.05, 4.69) is 10.3 Å². The van der Waals surface area contributed by atoms with Crippen LogP contribution in [0.25, 0.3) is 6.08 Å². The third-order valence-corrected chi connectivity index (χ3v) is 5.19. The largest absolute Gasteiger partial charge is 0.363 e. The lowest BCUT2D eigenvalue weighted by Gasteiger charge is -2.26. The number of aromatic nitrogens is 1. The molecule has 154 valence electrons. The van der Waals surface area contributed by atoms with Crippen LogP contribution in [0.1, 0.15) is 44.1 Å². The molecule has 0 aromatic carbocycles. The van der Waals surface area contributed by atoms with Crippen LogP contribution in [-0.4, -0.2) is 46.0 Å². The number of carbonyl (C=O) groups is 2. The molecular formula is C19H26ClFN4O3. The smallest absolute Gasteiger partial charge is 0.267 e. The minimum Gasteiger partial charge on any atom is -0.363 e. The van der Waals surface area contributed by atoms with Gasteiger partial charge in [0.1, 0.15) is 0 Å². The summed E-state index contributed by atoms with van der Waals surface area (Å²) in [7, 11) is 0. The van der Waals surface area contributed by atoms with Crippen molar-refractivity contribution in [1.82, 2.24) is 15.4 Å². The number of likely N-dealkylation sites (tertiary alicyclic amines) is 1. The van der Waals surface area contributed by atoms with Gasteiger partial charge in [-0.15, -0.1) is 12.4 Å². The van der Waals surface area contributed by atoms with Crippen molar-refractivity contribution in [3.8, 4) is 0 Å². The summed E-state index contributed by atoms with van der Waals surface area (Å²) in [5.74, 6) is -0.717. The number of hydrogen-bond acceptors (Lipinski definition) is 5. The molecule has 2 fully saturated rings. The molecule has 1 atom stereocenters. The first-order chi connectivity index (χ1) is 13.1. The van der Waals surface area contributed by atoms with E-state index in [1.54, 1.807) is 0 Å². The van der Waals surface area contributed by atoms with Gasteiger partial charge in [-0.2, -0.15) is 0 Å². The molecule has 0 bridgehead atoms. The van der Waals surface area contributed by atoms with Crippen LogP contribution in [0.5, 0.6) is 0 Å². The third-order valence-electron chi connectivity index (χ3n) is 5.19. The van der Waals surface area contributed by atoms with E-state index in [9.17, 15) is 14.0 Å². The van der Waals surface area contributed by atoms with Gasteiger partial charge in [0.2, 0.25) is 5.91 Å². The second-order valence-electron chi connectivity index (χ2n) is 7.16. The molecular weight excluding hydrogens is 387 g/mol. The molecule has 1 aliphatic heterocycles. The van der Waals surface area contributed by atoms with Gasteiger partial charge in [0.15, 0.2) is 11.6 Å². The number of amides is 2. The van der Waals surface area contributed by atoms with Crippen LogP contribution in [-0.2, 0) is 9.59 Å². The van der Waals surface area contributed by atoms with Crippen LogP contribution in [0.2, 0.25) is 0 Å². The zero-order valence-corrected chi connectivity index (χ0v) is 16.4. The molecule has 0 radical (unpaired) electrons. The molecule has 2 heterocycles. The highest BCUT2D eigenvalue weighted by atomic mass is 35.5. The van der Waals surface area contributed by atoms with Gasteiger partial charge in [-0.05, 0) is 37.0 Å². The monoisotopic (exact) mass is 412 g/mol. The molecule has 2 amide bonds. The first-order valence-corrected chi connectivity index (χ1v) is 9.40. The number of halogens is 2. The van der Waals surface area contributed by atoms with Crippen molar-refractivity contribution in [2.24, 2.45) is 5.92 Å². The molecule has 1 aromatic rings. The number of pyridine rings is 1. The number of nitrogens with zero attached hydrogens (tertiary/aromatic N) is 2.